The fourth-order valence-corrected chi connectivity index (χ4v) is 2.70. The van der Waals surface area contributed by atoms with E-state index < -0.39 is 0 Å². The Balaban J connectivity index is 2.26. The predicted octanol–water partition coefficient (Wildman–Crippen LogP) is 3.95. The van der Waals surface area contributed by atoms with Crippen LogP contribution in [0.3, 0.4) is 0 Å². The number of nitrogens with one attached hydrogen (secondary N) is 1. The van der Waals surface area contributed by atoms with Gasteiger partial charge in [-0.2, -0.15) is 0 Å². The van der Waals surface area contributed by atoms with Crippen molar-refractivity contribution in [2.45, 2.75) is 26.3 Å². The zero-order chi connectivity index (χ0) is 14.7. The molecule has 106 valence electrons. The molecule has 0 fully saturated rings. The monoisotopic (exact) mass is 336 g/mol. The molecule has 1 atom stereocenters. The predicted molar refractivity (Wildman–Crippen MR) is 83.8 cm³/mol. The Morgan fingerprint density at radius 1 is 1.15 bits per heavy atom. The Labute approximate surface area is 127 Å². The summed E-state index contributed by atoms with van der Waals surface area (Å²) in [4.78, 5) is 0. The lowest BCUT2D eigenvalue weighted by Gasteiger charge is -2.17. The van der Waals surface area contributed by atoms with E-state index in [1.165, 1.54) is 28.8 Å². The Bertz CT molecular complexity index is 593. The maximum Gasteiger partial charge on any atom is 0.124 e. The Morgan fingerprint density at radius 3 is 2.50 bits per heavy atom. The molecule has 0 aliphatic carbocycles. The Hall–Kier alpha value is -1.23. The first-order valence-corrected chi connectivity index (χ1v) is 7.27. The summed E-state index contributed by atoms with van der Waals surface area (Å²) in [6.07, 6.45) is 0.716. The second kappa shape index (κ2) is 6.48. The lowest BCUT2D eigenvalue weighted by Crippen LogP contribution is -2.29. The van der Waals surface area contributed by atoms with Gasteiger partial charge in [-0.1, -0.05) is 34.1 Å². The molecule has 0 amide bonds. The van der Waals surface area contributed by atoms with Crippen molar-refractivity contribution in [1.29, 1.82) is 0 Å². The van der Waals surface area contributed by atoms with E-state index in [1.807, 2.05) is 6.07 Å². The van der Waals surface area contributed by atoms with Crippen molar-refractivity contribution in [3.63, 3.8) is 0 Å². The summed E-state index contributed by atoms with van der Waals surface area (Å²) in [5.41, 5.74) is 7.29. The van der Waals surface area contributed by atoms with Gasteiger partial charge in [0.15, 0.2) is 0 Å². The van der Waals surface area contributed by atoms with Crippen molar-refractivity contribution >= 4 is 15.9 Å². The molecule has 2 aromatic rings. The third-order valence-electron chi connectivity index (χ3n) is 3.50. The molecule has 0 aliphatic rings. The molecule has 2 nitrogen and oxygen atoms in total. The zero-order valence-corrected chi connectivity index (χ0v) is 13.2. The van der Waals surface area contributed by atoms with Gasteiger partial charge >= 0.3 is 0 Å². The first kappa shape index (κ1) is 15.2. The van der Waals surface area contributed by atoms with E-state index in [2.05, 4.69) is 53.4 Å². The maximum atomic E-state index is 13.5. The van der Waals surface area contributed by atoms with Gasteiger partial charge < -0.3 is 0 Å². The van der Waals surface area contributed by atoms with Gasteiger partial charge in [0.2, 0.25) is 0 Å². The standard InChI is InChI=1S/C16H18BrFN2/c1-10-3-4-12(5-11(10)2)6-16(20-19)13-7-14(17)9-15(18)8-13/h3-5,7-9,16,20H,6,19H2,1-2H3. The SMILES string of the molecule is Cc1ccc(CC(NN)c2cc(F)cc(Br)c2)cc1C. The van der Waals surface area contributed by atoms with Crippen molar-refractivity contribution in [2.75, 3.05) is 0 Å². The smallest absolute Gasteiger partial charge is 0.124 e. The fraction of sp³-hybridized carbons (Fsp3) is 0.250. The van der Waals surface area contributed by atoms with Crippen LogP contribution in [-0.4, -0.2) is 0 Å². The summed E-state index contributed by atoms with van der Waals surface area (Å²) in [6.45, 7) is 4.17. The van der Waals surface area contributed by atoms with Gasteiger partial charge in [0, 0.05) is 4.47 Å². The number of aryl methyl sites for hydroxylation is 2. The average Bonchev–Trinajstić information content (AvgIpc) is 2.38. The van der Waals surface area contributed by atoms with Crippen LogP contribution in [0.2, 0.25) is 0 Å². The van der Waals surface area contributed by atoms with Crippen molar-refractivity contribution < 1.29 is 4.39 Å². The minimum absolute atomic E-state index is 0.121. The van der Waals surface area contributed by atoms with Gasteiger partial charge in [0.05, 0.1) is 6.04 Å². The summed E-state index contributed by atoms with van der Waals surface area (Å²) in [7, 11) is 0. The van der Waals surface area contributed by atoms with Crippen LogP contribution >= 0.6 is 15.9 Å². The van der Waals surface area contributed by atoms with Crippen LogP contribution in [0.4, 0.5) is 4.39 Å². The molecule has 20 heavy (non-hydrogen) atoms. The van der Waals surface area contributed by atoms with Crippen LogP contribution in [0.25, 0.3) is 0 Å². The molecule has 0 spiro atoms. The number of benzene rings is 2. The molecular weight excluding hydrogens is 319 g/mol. The summed E-state index contributed by atoms with van der Waals surface area (Å²) >= 11 is 3.31. The number of hydrogen-bond acceptors (Lipinski definition) is 2. The molecule has 0 aromatic heterocycles. The van der Waals surface area contributed by atoms with Gasteiger partial charge in [-0.3, -0.25) is 11.3 Å². The molecule has 1 unspecified atom stereocenters. The van der Waals surface area contributed by atoms with Gasteiger partial charge in [0.25, 0.3) is 0 Å². The second-order valence-electron chi connectivity index (χ2n) is 5.04. The maximum absolute atomic E-state index is 13.5. The van der Waals surface area contributed by atoms with E-state index in [4.69, 9.17) is 5.84 Å². The molecule has 0 heterocycles. The number of nitrogens with two attached hydrogens (primary N) is 1. The van der Waals surface area contributed by atoms with Crippen LogP contribution in [0.1, 0.15) is 28.3 Å². The van der Waals surface area contributed by atoms with E-state index in [9.17, 15) is 4.39 Å². The highest BCUT2D eigenvalue weighted by atomic mass is 79.9. The first-order valence-electron chi connectivity index (χ1n) is 6.48. The molecule has 0 saturated carbocycles. The molecule has 0 bridgehead atoms. The van der Waals surface area contributed by atoms with Gasteiger partial charge in [-0.25, -0.2) is 4.39 Å². The first-order chi connectivity index (χ1) is 9.49. The van der Waals surface area contributed by atoms with E-state index in [-0.39, 0.29) is 11.9 Å². The van der Waals surface area contributed by atoms with Crippen molar-refractivity contribution in [1.82, 2.24) is 5.43 Å². The van der Waals surface area contributed by atoms with Crippen molar-refractivity contribution in [3.8, 4) is 0 Å². The molecular formula is C16H18BrFN2. The lowest BCUT2D eigenvalue weighted by atomic mass is 9.97. The second-order valence-corrected chi connectivity index (χ2v) is 5.96. The van der Waals surface area contributed by atoms with Crippen molar-refractivity contribution in [3.05, 3.63) is 68.9 Å². The van der Waals surface area contributed by atoms with Crippen LogP contribution in [0.15, 0.2) is 40.9 Å². The van der Waals surface area contributed by atoms with E-state index >= 15 is 0 Å². The molecule has 4 heteroatoms. The summed E-state index contributed by atoms with van der Waals surface area (Å²) in [5.74, 6) is 5.36. The Morgan fingerprint density at radius 2 is 1.90 bits per heavy atom. The summed E-state index contributed by atoms with van der Waals surface area (Å²) in [6, 6.07) is 11.0. The number of hydrogen-bond donors (Lipinski definition) is 2. The van der Waals surface area contributed by atoms with Gasteiger partial charge in [-0.15, -0.1) is 0 Å². The number of rotatable bonds is 4. The van der Waals surface area contributed by atoms with Crippen molar-refractivity contribution in [2.24, 2.45) is 5.84 Å². The molecule has 2 rings (SSSR count). The topological polar surface area (TPSA) is 38.0 Å². The normalized spacial score (nSPS) is 12.4. The highest BCUT2D eigenvalue weighted by Crippen LogP contribution is 2.23. The highest BCUT2D eigenvalue weighted by molar-refractivity contribution is 9.10. The molecule has 0 radical (unpaired) electrons. The minimum atomic E-state index is -0.269. The quantitative estimate of drug-likeness (QED) is 0.655. The summed E-state index contributed by atoms with van der Waals surface area (Å²) < 4.78 is 14.2. The van der Waals surface area contributed by atoms with E-state index in [0.717, 1.165) is 5.56 Å². The molecule has 0 saturated heterocycles. The average molecular weight is 337 g/mol. The third-order valence-corrected chi connectivity index (χ3v) is 3.96. The van der Waals surface area contributed by atoms with E-state index in [1.54, 1.807) is 0 Å². The van der Waals surface area contributed by atoms with Crippen LogP contribution in [-0.2, 0) is 6.42 Å². The largest absolute Gasteiger partial charge is 0.271 e. The van der Waals surface area contributed by atoms with Crippen LogP contribution < -0.4 is 11.3 Å². The van der Waals surface area contributed by atoms with E-state index in [0.29, 0.717) is 10.9 Å². The lowest BCUT2D eigenvalue weighted by molar-refractivity contribution is 0.544. The Kier molecular flexibility index (Phi) is 4.91. The minimum Gasteiger partial charge on any atom is -0.271 e. The van der Waals surface area contributed by atoms with Gasteiger partial charge in [-0.05, 0) is 60.7 Å². The summed E-state index contributed by atoms with van der Waals surface area (Å²) in [5, 5.41) is 0. The highest BCUT2D eigenvalue weighted by Gasteiger charge is 2.13. The molecule has 2 aromatic carbocycles. The van der Waals surface area contributed by atoms with Crippen LogP contribution in [0.5, 0.6) is 0 Å². The number of halogens is 2. The zero-order valence-electron chi connectivity index (χ0n) is 11.6. The molecule has 3 N–H and O–H groups in total. The fourth-order valence-electron chi connectivity index (χ4n) is 2.22. The van der Waals surface area contributed by atoms with Crippen LogP contribution in [0, 0.1) is 19.7 Å². The third kappa shape index (κ3) is 3.66. The molecule has 0 aliphatic heterocycles. The van der Waals surface area contributed by atoms with Gasteiger partial charge in [0.1, 0.15) is 5.82 Å². The number of hydrazine groups is 1.